The van der Waals surface area contributed by atoms with Crippen LogP contribution in [0.4, 0.5) is 5.82 Å². The Balaban J connectivity index is 2.78. The number of nitrogens with two attached hydrogens (primary N) is 1. The minimum absolute atomic E-state index is 0.446. The van der Waals surface area contributed by atoms with Gasteiger partial charge in [-0.3, -0.25) is 0 Å². The summed E-state index contributed by atoms with van der Waals surface area (Å²) in [5, 5.41) is 8.04. The van der Waals surface area contributed by atoms with E-state index in [4.69, 9.17) is 15.2 Å². The van der Waals surface area contributed by atoms with E-state index in [1.807, 2.05) is 6.07 Å². The number of rotatable bonds is 8. The van der Waals surface area contributed by atoms with E-state index in [2.05, 4.69) is 15.1 Å². The van der Waals surface area contributed by atoms with Crippen LogP contribution in [-0.2, 0) is 16.0 Å². The molecule has 96 valence electrons. The van der Waals surface area contributed by atoms with Gasteiger partial charge in [0, 0.05) is 39.4 Å². The zero-order valence-corrected chi connectivity index (χ0v) is 10.4. The highest BCUT2D eigenvalue weighted by atomic mass is 16.5. The molecule has 2 N–H and O–H groups in total. The van der Waals surface area contributed by atoms with Gasteiger partial charge in [-0.1, -0.05) is 0 Å². The van der Waals surface area contributed by atoms with Gasteiger partial charge in [0.2, 0.25) is 0 Å². The fourth-order valence-electron chi connectivity index (χ4n) is 1.50. The van der Waals surface area contributed by atoms with Gasteiger partial charge in [0.15, 0.2) is 5.82 Å². The maximum Gasteiger partial charge on any atom is 0.155 e. The van der Waals surface area contributed by atoms with Crippen LogP contribution in [0.15, 0.2) is 12.3 Å². The Kier molecular flexibility index (Phi) is 6.46. The highest BCUT2D eigenvalue weighted by molar-refractivity contribution is 5.45. The van der Waals surface area contributed by atoms with Crippen LogP contribution in [0.1, 0.15) is 5.56 Å². The second-order valence-electron chi connectivity index (χ2n) is 3.56. The molecule has 1 rings (SSSR count). The van der Waals surface area contributed by atoms with E-state index < -0.39 is 0 Å². The van der Waals surface area contributed by atoms with E-state index in [1.54, 1.807) is 20.4 Å². The Labute approximate surface area is 102 Å². The van der Waals surface area contributed by atoms with Crippen LogP contribution in [0.2, 0.25) is 0 Å². The van der Waals surface area contributed by atoms with E-state index in [0.29, 0.717) is 19.8 Å². The molecule has 1 aromatic rings. The predicted octanol–water partition coefficient (Wildman–Crippen LogP) is 0.0345. The fourth-order valence-corrected chi connectivity index (χ4v) is 1.50. The minimum Gasteiger partial charge on any atom is -0.383 e. The summed E-state index contributed by atoms with van der Waals surface area (Å²) in [4.78, 5) is 2.07. The first kappa shape index (κ1) is 13.8. The lowest BCUT2D eigenvalue weighted by atomic mass is 10.2. The number of nitrogens with zero attached hydrogens (tertiary/aromatic N) is 3. The van der Waals surface area contributed by atoms with Crippen molar-refractivity contribution in [3.8, 4) is 0 Å². The summed E-state index contributed by atoms with van der Waals surface area (Å²) in [5.74, 6) is 0.809. The molecule has 1 heterocycles. The summed E-state index contributed by atoms with van der Waals surface area (Å²) in [6.07, 6.45) is 1.65. The van der Waals surface area contributed by atoms with Crippen molar-refractivity contribution in [3.05, 3.63) is 17.8 Å². The molecule has 6 heteroatoms. The summed E-state index contributed by atoms with van der Waals surface area (Å²) in [7, 11) is 3.35. The first-order valence-electron chi connectivity index (χ1n) is 5.57. The third kappa shape index (κ3) is 4.26. The Hall–Kier alpha value is -1.24. The maximum absolute atomic E-state index is 5.69. The number of methoxy groups -OCH3 is 2. The largest absolute Gasteiger partial charge is 0.383 e. The Morgan fingerprint density at radius 2 is 1.88 bits per heavy atom. The molecule has 0 saturated carbocycles. The summed E-state index contributed by atoms with van der Waals surface area (Å²) in [6.45, 7) is 3.19. The molecule has 0 aromatic carbocycles. The summed E-state index contributed by atoms with van der Waals surface area (Å²) >= 11 is 0. The zero-order valence-electron chi connectivity index (χ0n) is 10.4. The van der Waals surface area contributed by atoms with Crippen molar-refractivity contribution >= 4 is 5.82 Å². The van der Waals surface area contributed by atoms with Gasteiger partial charge in [0.05, 0.1) is 19.4 Å². The van der Waals surface area contributed by atoms with Crippen LogP contribution in [0.5, 0.6) is 0 Å². The lowest BCUT2D eigenvalue weighted by Crippen LogP contribution is -2.32. The van der Waals surface area contributed by atoms with Gasteiger partial charge < -0.3 is 20.1 Å². The molecule has 0 radical (unpaired) electrons. The van der Waals surface area contributed by atoms with Crippen molar-refractivity contribution < 1.29 is 9.47 Å². The first-order valence-corrected chi connectivity index (χ1v) is 5.57. The average molecular weight is 240 g/mol. The van der Waals surface area contributed by atoms with Crippen LogP contribution < -0.4 is 10.6 Å². The molecule has 1 aromatic heterocycles. The number of hydrogen-bond acceptors (Lipinski definition) is 6. The second-order valence-corrected chi connectivity index (χ2v) is 3.56. The smallest absolute Gasteiger partial charge is 0.155 e. The first-order chi connectivity index (χ1) is 8.33. The Morgan fingerprint density at radius 1 is 1.24 bits per heavy atom. The number of anilines is 1. The van der Waals surface area contributed by atoms with E-state index in [0.717, 1.165) is 24.5 Å². The van der Waals surface area contributed by atoms with E-state index >= 15 is 0 Å². The van der Waals surface area contributed by atoms with E-state index in [9.17, 15) is 0 Å². The molecule has 6 nitrogen and oxygen atoms in total. The molecule has 0 atom stereocenters. The third-order valence-corrected chi connectivity index (χ3v) is 2.43. The maximum atomic E-state index is 5.69. The molecular formula is C11H20N4O2. The lowest BCUT2D eigenvalue weighted by molar-refractivity contribution is 0.190. The standard InChI is InChI=1S/C11H20N4O2/c1-16-7-5-15(6-8-17-2)11-10(9-12)3-4-13-14-11/h3-4H,5-9,12H2,1-2H3. The van der Waals surface area contributed by atoms with Gasteiger partial charge in [0.1, 0.15) is 0 Å². The van der Waals surface area contributed by atoms with Gasteiger partial charge in [0.25, 0.3) is 0 Å². The van der Waals surface area contributed by atoms with Crippen molar-refractivity contribution in [2.24, 2.45) is 5.73 Å². The summed E-state index contributed by atoms with van der Waals surface area (Å²) in [6, 6.07) is 1.88. The van der Waals surface area contributed by atoms with Crippen LogP contribution in [0, 0.1) is 0 Å². The van der Waals surface area contributed by atoms with Crippen molar-refractivity contribution in [3.63, 3.8) is 0 Å². The van der Waals surface area contributed by atoms with E-state index in [1.165, 1.54) is 0 Å². The topological polar surface area (TPSA) is 73.5 Å². The molecule has 0 unspecified atom stereocenters. The zero-order chi connectivity index (χ0) is 12.5. The Bertz CT molecular complexity index is 314. The molecule has 17 heavy (non-hydrogen) atoms. The van der Waals surface area contributed by atoms with Crippen molar-refractivity contribution in [1.82, 2.24) is 10.2 Å². The molecule has 0 amide bonds. The number of aromatic nitrogens is 2. The van der Waals surface area contributed by atoms with Gasteiger partial charge in [-0.15, -0.1) is 5.10 Å². The molecule has 0 aliphatic rings. The minimum atomic E-state index is 0.446. The normalized spacial score (nSPS) is 10.5. The van der Waals surface area contributed by atoms with Crippen molar-refractivity contribution in [1.29, 1.82) is 0 Å². The summed E-state index contributed by atoms with van der Waals surface area (Å²) < 4.78 is 10.2. The SMILES string of the molecule is COCCN(CCOC)c1nnccc1CN. The molecule has 0 bridgehead atoms. The van der Waals surface area contributed by atoms with Crippen molar-refractivity contribution in [2.75, 3.05) is 45.4 Å². The Morgan fingerprint density at radius 3 is 2.41 bits per heavy atom. The second kappa shape index (κ2) is 7.94. The van der Waals surface area contributed by atoms with Gasteiger partial charge in [-0.05, 0) is 6.07 Å². The van der Waals surface area contributed by atoms with Crippen LogP contribution in [0.3, 0.4) is 0 Å². The molecule has 0 aliphatic carbocycles. The quantitative estimate of drug-likeness (QED) is 0.691. The fraction of sp³-hybridized carbons (Fsp3) is 0.636. The van der Waals surface area contributed by atoms with Crippen molar-refractivity contribution in [2.45, 2.75) is 6.54 Å². The molecule has 0 fully saturated rings. The lowest BCUT2D eigenvalue weighted by Gasteiger charge is -2.24. The monoisotopic (exact) mass is 240 g/mol. The number of hydrogen-bond donors (Lipinski definition) is 1. The van der Waals surface area contributed by atoms with Crippen LogP contribution in [0.25, 0.3) is 0 Å². The molecule has 0 spiro atoms. The van der Waals surface area contributed by atoms with Crippen LogP contribution >= 0.6 is 0 Å². The number of ether oxygens (including phenoxy) is 2. The van der Waals surface area contributed by atoms with Gasteiger partial charge in [-0.2, -0.15) is 5.10 Å². The van der Waals surface area contributed by atoms with E-state index in [-0.39, 0.29) is 0 Å². The average Bonchev–Trinajstić information content (AvgIpc) is 2.39. The van der Waals surface area contributed by atoms with Gasteiger partial charge >= 0.3 is 0 Å². The van der Waals surface area contributed by atoms with Gasteiger partial charge in [-0.25, -0.2) is 0 Å². The molecule has 0 aliphatic heterocycles. The third-order valence-electron chi connectivity index (χ3n) is 2.43. The predicted molar refractivity (Wildman–Crippen MR) is 65.9 cm³/mol. The molecular weight excluding hydrogens is 220 g/mol. The highest BCUT2D eigenvalue weighted by Gasteiger charge is 2.12. The highest BCUT2D eigenvalue weighted by Crippen LogP contribution is 2.15. The summed E-state index contributed by atoms with van der Waals surface area (Å²) in [5.41, 5.74) is 6.67. The van der Waals surface area contributed by atoms with Crippen LogP contribution in [-0.4, -0.2) is 50.7 Å². The molecule has 0 saturated heterocycles.